The van der Waals surface area contributed by atoms with Gasteiger partial charge in [0.25, 0.3) is 0 Å². The van der Waals surface area contributed by atoms with Crippen molar-refractivity contribution in [1.82, 2.24) is 9.78 Å². The molecular formula is C13H14ClN3O2. The zero-order chi connectivity index (χ0) is 13.8. The second kappa shape index (κ2) is 5.75. The van der Waals surface area contributed by atoms with Crippen molar-refractivity contribution in [2.75, 3.05) is 5.73 Å². The van der Waals surface area contributed by atoms with Crippen LogP contribution in [0.25, 0.3) is 0 Å². The van der Waals surface area contributed by atoms with Crippen molar-refractivity contribution in [3.8, 4) is 0 Å². The van der Waals surface area contributed by atoms with Crippen LogP contribution >= 0.6 is 11.6 Å². The van der Waals surface area contributed by atoms with E-state index in [2.05, 4.69) is 5.10 Å². The molecule has 19 heavy (non-hydrogen) atoms. The maximum Gasteiger partial charge on any atom is 0.359 e. The van der Waals surface area contributed by atoms with E-state index in [-0.39, 0.29) is 12.3 Å². The lowest BCUT2D eigenvalue weighted by Crippen LogP contribution is -2.14. The molecule has 0 spiro atoms. The summed E-state index contributed by atoms with van der Waals surface area (Å²) in [6.45, 7) is 2.61. The van der Waals surface area contributed by atoms with E-state index in [9.17, 15) is 4.79 Å². The number of hydrogen-bond acceptors (Lipinski definition) is 4. The molecule has 0 saturated heterocycles. The summed E-state index contributed by atoms with van der Waals surface area (Å²) in [6.07, 6.45) is 1.45. The summed E-state index contributed by atoms with van der Waals surface area (Å²) in [5.41, 5.74) is 7.18. The zero-order valence-electron chi connectivity index (χ0n) is 10.5. The molecule has 1 aromatic heterocycles. The molecular weight excluding hydrogens is 266 g/mol. The average molecular weight is 280 g/mol. The fourth-order valence-electron chi connectivity index (χ4n) is 1.66. The molecule has 1 heterocycles. The van der Waals surface area contributed by atoms with Crippen molar-refractivity contribution in [3.63, 3.8) is 0 Å². The van der Waals surface area contributed by atoms with E-state index >= 15 is 0 Å². The van der Waals surface area contributed by atoms with Crippen LogP contribution in [-0.4, -0.2) is 15.7 Å². The van der Waals surface area contributed by atoms with E-state index < -0.39 is 5.97 Å². The number of carbonyl (C=O) groups is 1. The fraction of sp³-hybridized carbons (Fsp3) is 0.231. The molecule has 0 radical (unpaired) electrons. The quantitative estimate of drug-likeness (QED) is 0.873. The predicted octanol–water partition coefficient (Wildman–Crippen LogP) is 2.50. The first-order chi connectivity index (χ1) is 9.11. The van der Waals surface area contributed by atoms with E-state index in [0.29, 0.717) is 17.3 Å². The Labute approximate surface area is 115 Å². The highest BCUT2D eigenvalue weighted by molar-refractivity contribution is 6.30. The smallest absolute Gasteiger partial charge is 0.359 e. The minimum absolute atomic E-state index is 0.171. The minimum Gasteiger partial charge on any atom is -0.456 e. The summed E-state index contributed by atoms with van der Waals surface area (Å²) in [4.78, 5) is 12.0. The lowest BCUT2D eigenvalue weighted by atomic mass is 10.2. The van der Waals surface area contributed by atoms with E-state index in [4.69, 9.17) is 22.1 Å². The van der Waals surface area contributed by atoms with Crippen LogP contribution in [-0.2, 0) is 17.9 Å². The number of carbonyl (C=O) groups excluding carboxylic acids is 1. The average Bonchev–Trinajstić information content (AvgIpc) is 2.79. The van der Waals surface area contributed by atoms with Gasteiger partial charge in [0.1, 0.15) is 6.61 Å². The fourth-order valence-corrected chi connectivity index (χ4v) is 1.79. The van der Waals surface area contributed by atoms with Crippen LogP contribution in [0.5, 0.6) is 0 Å². The number of rotatable bonds is 4. The first-order valence-electron chi connectivity index (χ1n) is 5.84. The molecule has 6 heteroatoms. The Morgan fingerprint density at radius 3 is 2.74 bits per heavy atom. The van der Waals surface area contributed by atoms with Crippen molar-refractivity contribution in [2.45, 2.75) is 20.1 Å². The molecule has 0 aliphatic carbocycles. The molecule has 0 fully saturated rings. The van der Waals surface area contributed by atoms with Gasteiger partial charge in [-0.2, -0.15) is 5.10 Å². The summed E-state index contributed by atoms with van der Waals surface area (Å²) >= 11 is 5.78. The third-order valence-electron chi connectivity index (χ3n) is 2.64. The van der Waals surface area contributed by atoms with Crippen molar-refractivity contribution in [3.05, 3.63) is 46.7 Å². The van der Waals surface area contributed by atoms with Gasteiger partial charge in [0, 0.05) is 11.6 Å². The maximum atomic E-state index is 12.0. The van der Waals surface area contributed by atoms with Gasteiger partial charge in [0.05, 0.1) is 11.9 Å². The van der Waals surface area contributed by atoms with Crippen molar-refractivity contribution in [1.29, 1.82) is 0 Å². The number of aromatic nitrogens is 2. The van der Waals surface area contributed by atoms with Crippen LogP contribution in [0.15, 0.2) is 30.5 Å². The lowest BCUT2D eigenvalue weighted by Gasteiger charge is -2.07. The van der Waals surface area contributed by atoms with Gasteiger partial charge in [0.15, 0.2) is 5.69 Å². The Morgan fingerprint density at radius 2 is 2.11 bits per heavy atom. The number of esters is 1. The summed E-state index contributed by atoms with van der Waals surface area (Å²) < 4.78 is 6.73. The molecule has 2 N–H and O–H groups in total. The molecule has 1 aromatic carbocycles. The summed E-state index contributed by atoms with van der Waals surface area (Å²) in [5.74, 6) is -0.480. The molecule has 0 atom stereocenters. The monoisotopic (exact) mass is 279 g/mol. The van der Waals surface area contributed by atoms with Crippen LogP contribution in [0.1, 0.15) is 23.0 Å². The third-order valence-corrected chi connectivity index (χ3v) is 2.90. The SMILES string of the molecule is CCn1ncc(N)c1C(=O)OCc1ccc(Cl)cc1. The van der Waals surface area contributed by atoms with Gasteiger partial charge in [-0.25, -0.2) is 4.79 Å². The Hall–Kier alpha value is -2.01. The minimum atomic E-state index is -0.480. The van der Waals surface area contributed by atoms with Crippen LogP contribution in [0.4, 0.5) is 5.69 Å². The molecule has 0 saturated carbocycles. The van der Waals surface area contributed by atoms with Crippen LogP contribution < -0.4 is 5.73 Å². The molecule has 0 aliphatic heterocycles. The van der Waals surface area contributed by atoms with Crippen molar-refractivity contribution < 1.29 is 9.53 Å². The number of anilines is 1. The van der Waals surface area contributed by atoms with Gasteiger partial charge < -0.3 is 10.5 Å². The Morgan fingerprint density at radius 1 is 1.42 bits per heavy atom. The normalized spacial score (nSPS) is 10.4. The number of ether oxygens (including phenoxy) is 1. The Balaban J connectivity index is 2.05. The second-order valence-electron chi connectivity index (χ2n) is 3.97. The van der Waals surface area contributed by atoms with E-state index in [1.165, 1.54) is 10.9 Å². The van der Waals surface area contributed by atoms with Gasteiger partial charge >= 0.3 is 5.97 Å². The largest absolute Gasteiger partial charge is 0.456 e. The van der Waals surface area contributed by atoms with E-state index in [1.807, 2.05) is 6.92 Å². The van der Waals surface area contributed by atoms with Crippen molar-refractivity contribution in [2.24, 2.45) is 0 Å². The number of nitrogens with zero attached hydrogens (tertiary/aromatic N) is 2. The molecule has 5 nitrogen and oxygen atoms in total. The molecule has 0 amide bonds. The Kier molecular flexibility index (Phi) is 4.06. The second-order valence-corrected chi connectivity index (χ2v) is 4.40. The summed E-state index contributed by atoms with van der Waals surface area (Å²) in [5, 5.41) is 4.64. The highest BCUT2D eigenvalue weighted by atomic mass is 35.5. The summed E-state index contributed by atoms with van der Waals surface area (Å²) in [6, 6.07) is 7.09. The van der Waals surface area contributed by atoms with Gasteiger partial charge in [0.2, 0.25) is 0 Å². The van der Waals surface area contributed by atoms with Crippen LogP contribution in [0.2, 0.25) is 5.02 Å². The van der Waals surface area contributed by atoms with Gasteiger partial charge in [-0.1, -0.05) is 23.7 Å². The molecule has 2 aromatic rings. The van der Waals surface area contributed by atoms with Gasteiger partial charge in [-0.3, -0.25) is 4.68 Å². The van der Waals surface area contributed by atoms with Crippen LogP contribution in [0, 0.1) is 0 Å². The van der Waals surface area contributed by atoms with Crippen LogP contribution in [0.3, 0.4) is 0 Å². The maximum absolute atomic E-state index is 12.0. The molecule has 100 valence electrons. The number of nitrogen functional groups attached to an aromatic ring is 1. The van der Waals surface area contributed by atoms with E-state index in [1.54, 1.807) is 24.3 Å². The number of aryl methyl sites for hydroxylation is 1. The molecule has 0 bridgehead atoms. The van der Waals surface area contributed by atoms with E-state index in [0.717, 1.165) is 5.56 Å². The third kappa shape index (κ3) is 3.06. The first-order valence-corrected chi connectivity index (χ1v) is 6.22. The van der Waals surface area contributed by atoms with Gasteiger partial charge in [-0.05, 0) is 24.6 Å². The summed E-state index contributed by atoms with van der Waals surface area (Å²) in [7, 11) is 0. The zero-order valence-corrected chi connectivity index (χ0v) is 11.2. The highest BCUT2D eigenvalue weighted by Crippen LogP contribution is 2.14. The van der Waals surface area contributed by atoms with Gasteiger partial charge in [-0.15, -0.1) is 0 Å². The molecule has 2 rings (SSSR count). The number of benzene rings is 1. The first kappa shape index (κ1) is 13.4. The number of hydrogen-bond donors (Lipinski definition) is 1. The van der Waals surface area contributed by atoms with Crippen molar-refractivity contribution >= 4 is 23.3 Å². The molecule has 0 unspecified atom stereocenters. The molecule has 0 aliphatic rings. The predicted molar refractivity (Wildman–Crippen MR) is 72.9 cm³/mol. The topological polar surface area (TPSA) is 70.1 Å². The number of nitrogens with two attached hydrogens (primary N) is 1. The number of halogens is 1. The Bertz CT molecular complexity index is 578. The lowest BCUT2D eigenvalue weighted by molar-refractivity contribution is 0.0459. The standard InChI is InChI=1S/C13H14ClN3O2/c1-2-17-12(11(15)7-16-17)13(18)19-8-9-3-5-10(14)6-4-9/h3-7H,2,8,15H2,1H3. The highest BCUT2D eigenvalue weighted by Gasteiger charge is 2.17.